The van der Waals surface area contributed by atoms with Crippen LogP contribution in [0.25, 0.3) is 0 Å². The number of hydrogen-bond acceptors (Lipinski definition) is 2. The maximum atomic E-state index is 11.3. The number of nitrogens with two attached hydrogens (primary N) is 1. The summed E-state index contributed by atoms with van der Waals surface area (Å²) in [4.78, 5) is 11.3. The van der Waals surface area contributed by atoms with Crippen molar-refractivity contribution in [2.45, 2.75) is 44.7 Å². The van der Waals surface area contributed by atoms with Crippen molar-refractivity contribution in [1.29, 1.82) is 0 Å². The number of urea groups is 1. The van der Waals surface area contributed by atoms with Gasteiger partial charge in [-0.3, -0.25) is 0 Å². The van der Waals surface area contributed by atoms with Crippen LogP contribution in [0.2, 0.25) is 0 Å². The highest BCUT2D eigenvalue weighted by Crippen LogP contribution is 2.18. The molecule has 0 aliphatic heterocycles. The minimum absolute atomic E-state index is 0.0391. The maximum Gasteiger partial charge on any atom is 0.315 e. The fraction of sp³-hybridized carbons (Fsp3) is 0.889. The van der Waals surface area contributed by atoms with Gasteiger partial charge in [-0.15, -0.1) is 0 Å². The highest BCUT2D eigenvalue weighted by atomic mass is 16.2. The molecule has 0 radical (unpaired) electrons. The molecule has 1 unspecified atom stereocenters. The molecule has 0 aromatic carbocycles. The Kier molecular flexibility index (Phi) is 4.02. The summed E-state index contributed by atoms with van der Waals surface area (Å²) in [5, 5.41) is 5.80. The molecule has 0 aromatic heterocycles. The molecule has 1 saturated carbocycles. The first-order valence-electron chi connectivity index (χ1n) is 5.03. The minimum atomic E-state index is -0.0391. The zero-order valence-electron chi connectivity index (χ0n) is 8.18. The predicted molar refractivity (Wildman–Crippen MR) is 52.4 cm³/mol. The molecule has 4 heteroatoms. The molecular weight excluding hydrogens is 166 g/mol. The lowest BCUT2D eigenvalue weighted by Crippen LogP contribution is -2.43. The summed E-state index contributed by atoms with van der Waals surface area (Å²) in [5.41, 5.74) is 5.42. The standard InChI is InChI=1S/C9H19N3O/c1-2-7(5-6-10)11-9(13)12-8-3-4-8/h7-8H,2-6,10H2,1H3,(H2,11,12,13). The Morgan fingerprint density at radius 1 is 1.62 bits per heavy atom. The second-order valence-electron chi connectivity index (χ2n) is 3.57. The lowest BCUT2D eigenvalue weighted by molar-refractivity contribution is 0.235. The van der Waals surface area contributed by atoms with Crippen LogP contribution in [0.4, 0.5) is 4.79 Å². The van der Waals surface area contributed by atoms with E-state index in [0.29, 0.717) is 12.6 Å². The van der Waals surface area contributed by atoms with Crippen LogP contribution in [-0.2, 0) is 0 Å². The molecular formula is C9H19N3O. The van der Waals surface area contributed by atoms with Crippen molar-refractivity contribution in [2.24, 2.45) is 5.73 Å². The van der Waals surface area contributed by atoms with Crippen molar-refractivity contribution in [3.05, 3.63) is 0 Å². The van der Waals surface area contributed by atoms with Crippen LogP contribution in [-0.4, -0.2) is 24.7 Å². The third-order valence-corrected chi connectivity index (χ3v) is 2.26. The predicted octanol–water partition coefficient (Wildman–Crippen LogP) is 0.575. The Bertz CT molecular complexity index is 168. The number of carbonyl (C=O) groups excluding carboxylic acids is 1. The average Bonchev–Trinajstić information content (AvgIpc) is 2.87. The van der Waals surface area contributed by atoms with Gasteiger partial charge in [-0.2, -0.15) is 0 Å². The van der Waals surface area contributed by atoms with E-state index in [-0.39, 0.29) is 12.1 Å². The van der Waals surface area contributed by atoms with E-state index in [2.05, 4.69) is 17.6 Å². The van der Waals surface area contributed by atoms with Crippen molar-refractivity contribution in [3.8, 4) is 0 Å². The molecule has 1 aliphatic rings. The van der Waals surface area contributed by atoms with Crippen LogP contribution >= 0.6 is 0 Å². The van der Waals surface area contributed by atoms with Crippen LogP contribution in [0.5, 0.6) is 0 Å². The van der Waals surface area contributed by atoms with Crippen LogP contribution in [0.1, 0.15) is 32.6 Å². The smallest absolute Gasteiger partial charge is 0.315 e. The summed E-state index contributed by atoms with van der Waals surface area (Å²) < 4.78 is 0. The number of amides is 2. The highest BCUT2D eigenvalue weighted by Gasteiger charge is 2.23. The average molecular weight is 185 g/mol. The third-order valence-electron chi connectivity index (χ3n) is 2.26. The fourth-order valence-corrected chi connectivity index (χ4v) is 1.22. The maximum absolute atomic E-state index is 11.3. The van der Waals surface area contributed by atoms with Gasteiger partial charge in [0, 0.05) is 12.1 Å². The molecule has 76 valence electrons. The molecule has 1 atom stereocenters. The van der Waals surface area contributed by atoms with E-state index in [1.165, 1.54) is 0 Å². The van der Waals surface area contributed by atoms with Gasteiger partial charge in [0.15, 0.2) is 0 Å². The minimum Gasteiger partial charge on any atom is -0.335 e. The molecule has 0 bridgehead atoms. The van der Waals surface area contributed by atoms with Gasteiger partial charge in [0.2, 0.25) is 0 Å². The molecule has 1 rings (SSSR count). The molecule has 0 spiro atoms. The first kappa shape index (κ1) is 10.3. The monoisotopic (exact) mass is 185 g/mol. The third kappa shape index (κ3) is 4.12. The molecule has 4 N–H and O–H groups in total. The van der Waals surface area contributed by atoms with Crippen molar-refractivity contribution in [2.75, 3.05) is 6.54 Å². The van der Waals surface area contributed by atoms with E-state index < -0.39 is 0 Å². The van der Waals surface area contributed by atoms with E-state index >= 15 is 0 Å². The first-order chi connectivity index (χ1) is 6.26. The van der Waals surface area contributed by atoms with Crippen LogP contribution in [0.3, 0.4) is 0 Å². The topological polar surface area (TPSA) is 67.1 Å². The van der Waals surface area contributed by atoms with E-state index in [1.807, 2.05) is 0 Å². The second-order valence-corrected chi connectivity index (χ2v) is 3.57. The Labute approximate surface area is 79.3 Å². The van der Waals surface area contributed by atoms with Crippen molar-refractivity contribution >= 4 is 6.03 Å². The highest BCUT2D eigenvalue weighted by molar-refractivity contribution is 5.74. The van der Waals surface area contributed by atoms with Gasteiger partial charge in [-0.25, -0.2) is 4.79 Å². The second kappa shape index (κ2) is 5.07. The van der Waals surface area contributed by atoms with E-state index in [4.69, 9.17) is 5.73 Å². The molecule has 0 saturated heterocycles. The largest absolute Gasteiger partial charge is 0.335 e. The molecule has 1 fully saturated rings. The zero-order valence-corrected chi connectivity index (χ0v) is 8.18. The SMILES string of the molecule is CCC(CCN)NC(=O)NC1CC1. The van der Waals surface area contributed by atoms with Crippen molar-refractivity contribution in [1.82, 2.24) is 10.6 Å². The fourth-order valence-electron chi connectivity index (χ4n) is 1.22. The van der Waals surface area contributed by atoms with Crippen LogP contribution < -0.4 is 16.4 Å². The number of carbonyl (C=O) groups is 1. The van der Waals surface area contributed by atoms with Gasteiger partial charge in [-0.05, 0) is 32.2 Å². The Morgan fingerprint density at radius 2 is 2.31 bits per heavy atom. The summed E-state index contributed by atoms with van der Waals surface area (Å²) in [5.74, 6) is 0. The normalized spacial score (nSPS) is 18.0. The van der Waals surface area contributed by atoms with E-state index in [0.717, 1.165) is 25.7 Å². The summed E-state index contributed by atoms with van der Waals surface area (Å²) in [6.45, 7) is 2.68. The molecule has 0 aromatic rings. The molecule has 1 aliphatic carbocycles. The molecule has 13 heavy (non-hydrogen) atoms. The lowest BCUT2D eigenvalue weighted by atomic mass is 10.1. The van der Waals surface area contributed by atoms with Crippen LogP contribution in [0.15, 0.2) is 0 Å². The van der Waals surface area contributed by atoms with Gasteiger partial charge in [0.25, 0.3) is 0 Å². The van der Waals surface area contributed by atoms with Crippen molar-refractivity contribution < 1.29 is 4.79 Å². The summed E-state index contributed by atoms with van der Waals surface area (Å²) in [6, 6.07) is 0.613. The van der Waals surface area contributed by atoms with Gasteiger partial charge in [-0.1, -0.05) is 6.92 Å². The van der Waals surface area contributed by atoms with Crippen molar-refractivity contribution in [3.63, 3.8) is 0 Å². The summed E-state index contributed by atoms with van der Waals surface area (Å²) in [7, 11) is 0. The molecule has 4 nitrogen and oxygen atoms in total. The van der Waals surface area contributed by atoms with E-state index in [9.17, 15) is 4.79 Å². The molecule has 2 amide bonds. The quantitative estimate of drug-likeness (QED) is 0.586. The Morgan fingerprint density at radius 3 is 2.77 bits per heavy atom. The van der Waals surface area contributed by atoms with Gasteiger partial charge < -0.3 is 16.4 Å². The zero-order chi connectivity index (χ0) is 9.68. The van der Waals surface area contributed by atoms with Gasteiger partial charge in [0.1, 0.15) is 0 Å². The van der Waals surface area contributed by atoms with Gasteiger partial charge in [0.05, 0.1) is 0 Å². The Hall–Kier alpha value is -0.770. The number of nitrogens with one attached hydrogen (secondary N) is 2. The number of hydrogen-bond donors (Lipinski definition) is 3. The lowest BCUT2D eigenvalue weighted by Gasteiger charge is -2.16. The first-order valence-corrected chi connectivity index (χ1v) is 5.03. The number of rotatable bonds is 5. The van der Waals surface area contributed by atoms with E-state index in [1.54, 1.807) is 0 Å². The summed E-state index contributed by atoms with van der Waals surface area (Å²) >= 11 is 0. The summed E-state index contributed by atoms with van der Waals surface area (Å²) in [6.07, 6.45) is 4.05. The Balaban J connectivity index is 2.14. The van der Waals surface area contributed by atoms with Gasteiger partial charge >= 0.3 is 6.03 Å². The van der Waals surface area contributed by atoms with Crippen LogP contribution in [0, 0.1) is 0 Å². The molecule has 0 heterocycles.